The van der Waals surface area contributed by atoms with Crippen LogP contribution < -0.4 is 5.32 Å². The van der Waals surface area contributed by atoms with E-state index in [1.807, 2.05) is 0 Å². The average Bonchev–Trinajstić information content (AvgIpc) is 2.78. The summed E-state index contributed by atoms with van der Waals surface area (Å²) in [4.78, 5) is 30.3. The number of benzene rings is 1. The molecule has 0 aromatic heterocycles. The Bertz CT molecular complexity index is 819. The van der Waals surface area contributed by atoms with E-state index >= 15 is 0 Å². The Hall–Kier alpha value is -2.30. The number of carbonyl (C=O) groups excluding carboxylic acids is 2. The molecule has 3 amide bonds. The molecule has 0 saturated carbocycles. The zero-order chi connectivity index (χ0) is 22.0. The van der Waals surface area contributed by atoms with Crippen LogP contribution in [0.15, 0.2) is 18.2 Å². The van der Waals surface area contributed by atoms with Crippen molar-refractivity contribution in [2.24, 2.45) is 0 Å². The van der Waals surface area contributed by atoms with Crippen molar-refractivity contribution in [2.75, 3.05) is 59.6 Å². The van der Waals surface area contributed by atoms with Gasteiger partial charge in [-0.15, -0.1) is 0 Å². The number of fused-ring (bicyclic) bond motifs is 1. The van der Waals surface area contributed by atoms with Crippen LogP contribution in [-0.2, 0) is 14.3 Å². The number of hydrogen-bond acceptors (Lipinski definition) is 5. The predicted molar refractivity (Wildman–Crippen MR) is 107 cm³/mol. The first-order chi connectivity index (χ1) is 15.0. The lowest BCUT2D eigenvalue weighted by Gasteiger charge is -2.44. The number of ether oxygens (including phenoxy) is 2. The Morgan fingerprint density at radius 1 is 1.19 bits per heavy atom. The zero-order valence-corrected chi connectivity index (χ0v) is 17.6. The van der Waals surface area contributed by atoms with Crippen LogP contribution in [0, 0.1) is 11.6 Å². The minimum absolute atomic E-state index is 0.0375. The highest BCUT2D eigenvalue weighted by molar-refractivity contribution is 5.79. The number of likely N-dealkylation sites (tertiary alicyclic amines) is 1. The lowest BCUT2D eigenvalue weighted by Crippen LogP contribution is -2.63. The molecule has 8 nitrogen and oxygen atoms in total. The number of halogens is 2. The number of hydrogen-bond donors (Lipinski definition) is 1. The number of carbonyl (C=O) groups is 2. The normalized spacial score (nSPS) is 25.7. The molecular formula is C21H28F2N4O4. The quantitative estimate of drug-likeness (QED) is 0.759. The van der Waals surface area contributed by atoms with E-state index in [9.17, 15) is 18.4 Å². The van der Waals surface area contributed by atoms with E-state index in [0.717, 1.165) is 6.07 Å². The molecule has 1 N–H and O–H groups in total. The van der Waals surface area contributed by atoms with Crippen molar-refractivity contribution < 1.29 is 27.8 Å². The second-order valence-electron chi connectivity index (χ2n) is 8.21. The maximum absolute atomic E-state index is 13.7. The van der Waals surface area contributed by atoms with Crippen LogP contribution in [0.2, 0.25) is 0 Å². The number of piperazine rings is 1. The molecule has 0 aliphatic carbocycles. The maximum Gasteiger partial charge on any atom is 0.320 e. The van der Waals surface area contributed by atoms with Gasteiger partial charge in [0.25, 0.3) is 0 Å². The molecule has 3 aliphatic rings. The van der Waals surface area contributed by atoms with E-state index in [4.69, 9.17) is 9.47 Å². The molecule has 170 valence electrons. The van der Waals surface area contributed by atoms with Gasteiger partial charge in [-0.1, -0.05) is 6.07 Å². The van der Waals surface area contributed by atoms with Crippen LogP contribution >= 0.6 is 0 Å². The van der Waals surface area contributed by atoms with Crippen molar-refractivity contribution in [1.29, 1.82) is 0 Å². The molecule has 3 saturated heterocycles. The van der Waals surface area contributed by atoms with Gasteiger partial charge in [-0.2, -0.15) is 0 Å². The van der Waals surface area contributed by atoms with Gasteiger partial charge in [0.05, 0.1) is 24.8 Å². The lowest BCUT2D eigenvalue weighted by molar-refractivity contribution is -0.139. The average molecular weight is 438 g/mol. The minimum Gasteiger partial charge on any atom is -0.383 e. The fourth-order valence-corrected chi connectivity index (χ4v) is 4.59. The summed E-state index contributed by atoms with van der Waals surface area (Å²) in [5.41, 5.74) is 0.649. The van der Waals surface area contributed by atoms with Gasteiger partial charge in [-0.25, -0.2) is 13.6 Å². The van der Waals surface area contributed by atoms with Gasteiger partial charge in [0.15, 0.2) is 11.6 Å². The summed E-state index contributed by atoms with van der Waals surface area (Å²) in [7, 11) is 1.57. The third-order valence-corrected chi connectivity index (χ3v) is 6.27. The Labute approximate surface area is 180 Å². The number of rotatable bonds is 4. The van der Waals surface area contributed by atoms with Gasteiger partial charge >= 0.3 is 6.03 Å². The Morgan fingerprint density at radius 3 is 2.68 bits per heavy atom. The fraction of sp³-hybridized carbons (Fsp3) is 0.619. The summed E-state index contributed by atoms with van der Waals surface area (Å²) in [6.07, 6.45) is 0.660. The molecule has 3 unspecified atom stereocenters. The first-order valence-electron chi connectivity index (χ1n) is 10.6. The molecular weight excluding hydrogens is 410 g/mol. The van der Waals surface area contributed by atoms with Crippen LogP contribution in [0.3, 0.4) is 0 Å². The van der Waals surface area contributed by atoms with E-state index in [2.05, 4.69) is 10.2 Å². The van der Waals surface area contributed by atoms with Gasteiger partial charge < -0.3 is 24.6 Å². The van der Waals surface area contributed by atoms with E-state index in [1.54, 1.807) is 23.0 Å². The highest BCUT2D eigenvalue weighted by Crippen LogP contribution is 2.25. The van der Waals surface area contributed by atoms with Crippen molar-refractivity contribution in [3.63, 3.8) is 0 Å². The van der Waals surface area contributed by atoms with Gasteiger partial charge in [-0.05, 0) is 24.1 Å². The highest BCUT2D eigenvalue weighted by atomic mass is 19.2. The minimum atomic E-state index is -0.880. The topological polar surface area (TPSA) is 74.3 Å². The Kier molecular flexibility index (Phi) is 6.68. The van der Waals surface area contributed by atoms with Crippen molar-refractivity contribution in [3.05, 3.63) is 35.4 Å². The number of urea groups is 1. The Morgan fingerprint density at radius 2 is 1.97 bits per heavy atom. The smallest absolute Gasteiger partial charge is 0.320 e. The highest BCUT2D eigenvalue weighted by Gasteiger charge is 2.38. The van der Waals surface area contributed by atoms with Crippen molar-refractivity contribution in [3.8, 4) is 0 Å². The second kappa shape index (κ2) is 9.46. The lowest BCUT2D eigenvalue weighted by atomic mass is 10.0. The van der Waals surface area contributed by atoms with Crippen LogP contribution in [0.5, 0.6) is 0 Å². The summed E-state index contributed by atoms with van der Waals surface area (Å²) in [6, 6.07) is 3.48. The number of amides is 3. The molecule has 3 heterocycles. The molecule has 31 heavy (non-hydrogen) atoms. The van der Waals surface area contributed by atoms with Crippen LogP contribution in [0.25, 0.3) is 0 Å². The summed E-state index contributed by atoms with van der Waals surface area (Å²) in [5.74, 6) is -1.90. The largest absolute Gasteiger partial charge is 0.383 e. The molecule has 1 aromatic carbocycles. The molecule has 3 atom stereocenters. The van der Waals surface area contributed by atoms with E-state index in [1.165, 1.54) is 6.07 Å². The summed E-state index contributed by atoms with van der Waals surface area (Å²) in [5, 5.41) is 2.91. The number of morpholine rings is 1. The monoisotopic (exact) mass is 438 g/mol. The molecule has 0 radical (unpaired) electrons. The number of methoxy groups -OCH3 is 1. The van der Waals surface area contributed by atoms with Gasteiger partial charge in [0.2, 0.25) is 5.91 Å². The third-order valence-electron chi connectivity index (χ3n) is 6.27. The van der Waals surface area contributed by atoms with Crippen LogP contribution in [-0.4, -0.2) is 98.4 Å². The van der Waals surface area contributed by atoms with Gasteiger partial charge in [0.1, 0.15) is 6.61 Å². The fourth-order valence-electron chi connectivity index (χ4n) is 4.59. The standard InChI is InChI=1S/C21H28F2N4O4/c1-30-12-18(14-2-3-15(22)16(23)10-14)25-6-8-26(9-7-25)21(29)27-5-4-19-17(11-27)24-20(28)13-31-19/h2-3,10,17-19H,4-9,11-13H2,1H3,(H,24,28). The predicted octanol–water partition coefficient (Wildman–Crippen LogP) is 0.979. The second-order valence-corrected chi connectivity index (χ2v) is 8.21. The van der Waals surface area contributed by atoms with E-state index in [0.29, 0.717) is 57.9 Å². The summed E-state index contributed by atoms with van der Waals surface area (Å²) in [6.45, 7) is 3.70. The SMILES string of the molecule is COCC(c1ccc(F)c(F)c1)N1CCN(C(=O)N2CCC3OCC(=O)NC3C2)CC1. The third kappa shape index (κ3) is 4.81. The van der Waals surface area contributed by atoms with Crippen molar-refractivity contribution in [1.82, 2.24) is 20.0 Å². The number of nitrogens with zero attached hydrogens (tertiary/aromatic N) is 3. The molecule has 0 spiro atoms. The van der Waals surface area contributed by atoms with Crippen molar-refractivity contribution in [2.45, 2.75) is 24.6 Å². The molecule has 3 aliphatic heterocycles. The molecule has 3 fully saturated rings. The molecule has 0 bridgehead atoms. The number of piperidine rings is 1. The van der Waals surface area contributed by atoms with E-state index < -0.39 is 11.6 Å². The van der Waals surface area contributed by atoms with Gasteiger partial charge in [0, 0.05) is 46.4 Å². The maximum atomic E-state index is 13.7. The summed E-state index contributed by atoms with van der Waals surface area (Å²) < 4.78 is 37.9. The first kappa shape index (κ1) is 21.9. The summed E-state index contributed by atoms with van der Waals surface area (Å²) >= 11 is 0. The van der Waals surface area contributed by atoms with E-state index in [-0.39, 0.29) is 36.7 Å². The molecule has 1 aromatic rings. The zero-order valence-electron chi connectivity index (χ0n) is 17.6. The number of nitrogens with one attached hydrogen (secondary N) is 1. The van der Waals surface area contributed by atoms with Gasteiger partial charge in [-0.3, -0.25) is 9.69 Å². The molecule has 10 heteroatoms. The van der Waals surface area contributed by atoms with Crippen LogP contribution in [0.4, 0.5) is 13.6 Å². The van der Waals surface area contributed by atoms with Crippen LogP contribution in [0.1, 0.15) is 18.0 Å². The first-order valence-corrected chi connectivity index (χ1v) is 10.6. The Balaban J connectivity index is 1.35. The van der Waals surface area contributed by atoms with Crippen molar-refractivity contribution >= 4 is 11.9 Å². The molecule has 4 rings (SSSR count).